The van der Waals surface area contributed by atoms with Crippen LogP contribution in [0.2, 0.25) is 0 Å². The van der Waals surface area contributed by atoms with Gasteiger partial charge in [0.2, 0.25) is 0 Å². The number of benzene rings is 1. The molecule has 4 heteroatoms. The molecule has 1 aliphatic carbocycles. The highest BCUT2D eigenvalue weighted by atomic mass is 16.5. The third-order valence-corrected chi connectivity index (χ3v) is 5.88. The monoisotopic (exact) mass is 316 g/mol. The summed E-state index contributed by atoms with van der Waals surface area (Å²) in [7, 11) is 6.30. The van der Waals surface area contributed by atoms with E-state index in [9.17, 15) is 5.11 Å². The largest absolute Gasteiger partial charge is 0.493 e. The van der Waals surface area contributed by atoms with Gasteiger partial charge in [-0.15, -0.1) is 0 Å². The Morgan fingerprint density at radius 2 is 2.17 bits per heavy atom. The minimum atomic E-state index is -0.416. The third kappa shape index (κ3) is 2.05. The van der Waals surface area contributed by atoms with E-state index in [1.165, 1.54) is 16.7 Å². The standard InChI is InChI=1S/C19H26NO3/c1-12-9-15(22-4)18-17-14(12)11-20(2,3)8-7-19(17)6-5-13(21)10-16(19)23-18/h5-6,9,13,16,21H,7-8,10-11H2,1-4H3/q+1/t13-,16?,19?/m1/s1. The number of hydrogen-bond acceptors (Lipinski definition) is 3. The van der Waals surface area contributed by atoms with Gasteiger partial charge >= 0.3 is 0 Å². The summed E-state index contributed by atoms with van der Waals surface area (Å²) >= 11 is 0. The van der Waals surface area contributed by atoms with Gasteiger partial charge in [0, 0.05) is 24.0 Å². The molecule has 0 aromatic heterocycles. The average molecular weight is 316 g/mol. The Kier molecular flexibility index (Phi) is 3.10. The van der Waals surface area contributed by atoms with Gasteiger partial charge in [0.15, 0.2) is 11.5 Å². The number of hydrogen-bond donors (Lipinski definition) is 1. The predicted molar refractivity (Wildman–Crippen MR) is 88.9 cm³/mol. The summed E-state index contributed by atoms with van der Waals surface area (Å²) in [6.07, 6.45) is 5.46. The molecule has 2 aliphatic heterocycles. The van der Waals surface area contributed by atoms with E-state index in [-0.39, 0.29) is 11.5 Å². The van der Waals surface area contributed by atoms with Gasteiger partial charge in [-0.1, -0.05) is 12.2 Å². The first-order valence-electron chi connectivity index (χ1n) is 8.43. The highest BCUT2D eigenvalue weighted by Crippen LogP contribution is 2.56. The van der Waals surface area contributed by atoms with Crippen molar-refractivity contribution >= 4 is 0 Å². The van der Waals surface area contributed by atoms with Crippen molar-refractivity contribution in [3.8, 4) is 11.5 Å². The Morgan fingerprint density at radius 1 is 1.39 bits per heavy atom. The van der Waals surface area contributed by atoms with Crippen molar-refractivity contribution < 1.29 is 19.1 Å². The lowest BCUT2D eigenvalue weighted by Crippen LogP contribution is -2.45. The molecule has 3 aliphatic rings. The summed E-state index contributed by atoms with van der Waals surface area (Å²) in [5, 5.41) is 10.1. The Morgan fingerprint density at radius 3 is 2.91 bits per heavy atom. The number of aliphatic hydroxyl groups excluding tert-OH is 1. The molecular weight excluding hydrogens is 290 g/mol. The minimum Gasteiger partial charge on any atom is -0.493 e. The Labute approximate surface area is 137 Å². The molecule has 0 saturated carbocycles. The SMILES string of the molecule is COc1cc(C)c2c3c1OC1C[C@H](O)C=CC31CC[N+](C)(C)C2. The third-order valence-electron chi connectivity index (χ3n) is 5.88. The zero-order valence-electron chi connectivity index (χ0n) is 14.4. The molecule has 2 unspecified atom stereocenters. The van der Waals surface area contributed by atoms with Gasteiger partial charge in [0.1, 0.15) is 12.6 Å². The van der Waals surface area contributed by atoms with Crippen molar-refractivity contribution in [3.05, 3.63) is 34.9 Å². The topological polar surface area (TPSA) is 38.7 Å². The maximum Gasteiger partial charge on any atom is 0.166 e. The Bertz CT molecular complexity index is 694. The van der Waals surface area contributed by atoms with E-state index in [1.54, 1.807) is 7.11 Å². The van der Waals surface area contributed by atoms with Gasteiger partial charge in [-0.2, -0.15) is 0 Å². The quantitative estimate of drug-likeness (QED) is 0.638. The molecule has 23 heavy (non-hydrogen) atoms. The molecule has 1 N–H and O–H groups in total. The molecule has 0 saturated heterocycles. The first-order chi connectivity index (χ1) is 10.9. The zero-order valence-corrected chi connectivity index (χ0v) is 14.4. The number of ether oxygens (including phenoxy) is 2. The number of quaternary nitrogens is 1. The van der Waals surface area contributed by atoms with Crippen molar-refractivity contribution in [2.75, 3.05) is 27.7 Å². The first kappa shape index (κ1) is 15.0. The molecule has 2 heterocycles. The highest BCUT2D eigenvalue weighted by molar-refractivity contribution is 5.62. The molecule has 0 bridgehead atoms. The fraction of sp³-hybridized carbons (Fsp3) is 0.579. The van der Waals surface area contributed by atoms with Crippen LogP contribution in [-0.4, -0.2) is 49.5 Å². The van der Waals surface area contributed by atoms with E-state index >= 15 is 0 Å². The number of aryl methyl sites for hydroxylation is 1. The molecule has 4 nitrogen and oxygen atoms in total. The van der Waals surface area contributed by atoms with E-state index in [0.29, 0.717) is 6.42 Å². The summed E-state index contributed by atoms with van der Waals surface area (Å²) in [5.74, 6) is 1.73. The Balaban J connectivity index is 2.01. The number of rotatable bonds is 1. The van der Waals surface area contributed by atoms with E-state index in [4.69, 9.17) is 9.47 Å². The van der Waals surface area contributed by atoms with Gasteiger partial charge in [0.05, 0.1) is 39.3 Å². The van der Waals surface area contributed by atoms with Crippen molar-refractivity contribution in [2.45, 2.75) is 43.9 Å². The van der Waals surface area contributed by atoms with Crippen LogP contribution in [0.4, 0.5) is 0 Å². The van der Waals surface area contributed by atoms with Crippen LogP contribution in [0, 0.1) is 6.92 Å². The van der Waals surface area contributed by atoms with E-state index in [2.05, 4.69) is 33.2 Å². The molecule has 0 fully saturated rings. The van der Waals surface area contributed by atoms with Crippen LogP contribution in [0.25, 0.3) is 0 Å². The van der Waals surface area contributed by atoms with Gasteiger partial charge < -0.3 is 19.1 Å². The lowest BCUT2D eigenvalue weighted by molar-refractivity contribution is -0.903. The molecule has 0 radical (unpaired) electrons. The maximum atomic E-state index is 10.1. The summed E-state index contributed by atoms with van der Waals surface area (Å²) in [6, 6.07) is 2.10. The second-order valence-electron chi connectivity index (χ2n) is 7.95. The summed E-state index contributed by atoms with van der Waals surface area (Å²) in [6.45, 7) is 4.27. The average Bonchev–Trinajstić information content (AvgIpc) is 2.76. The molecular formula is C19H26NO3+. The van der Waals surface area contributed by atoms with Crippen molar-refractivity contribution in [1.82, 2.24) is 0 Å². The van der Waals surface area contributed by atoms with E-state index < -0.39 is 6.10 Å². The molecule has 1 spiro atoms. The van der Waals surface area contributed by atoms with Gasteiger partial charge in [0.25, 0.3) is 0 Å². The zero-order chi connectivity index (χ0) is 16.4. The number of nitrogens with zero attached hydrogens (tertiary/aromatic N) is 1. The van der Waals surface area contributed by atoms with Crippen molar-refractivity contribution in [3.63, 3.8) is 0 Å². The fourth-order valence-electron chi connectivity index (χ4n) is 4.57. The second kappa shape index (κ2) is 4.74. The molecule has 124 valence electrons. The molecule has 0 amide bonds. The second-order valence-corrected chi connectivity index (χ2v) is 7.95. The van der Waals surface area contributed by atoms with Crippen LogP contribution in [0.5, 0.6) is 11.5 Å². The van der Waals surface area contributed by atoms with Crippen LogP contribution in [-0.2, 0) is 12.0 Å². The first-order valence-corrected chi connectivity index (χ1v) is 8.43. The number of aliphatic hydroxyl groups is 1. The van der Waals surface area contributed by atoms with Crippen LogP contribution < -0.4 is 9.47 Å². The van der Waals surface area contributed by atoms with Crippen LogP contribution in [0.1, 0.15) is 29.5 Å². The maximum absolute atomic E-state index is 10.1. The fourth-order valence-corrected chi connectivity index (χ4v) is 4.57. The highest BCUT2D eigenvalue weighted by Gasteiger charge is 2.54. The molecule has 1 aromatic rings. The van der Waals surface area contributed by atoms with E-state index in [0.717, 1.165) is 35.5 Å². The van der Waals surface area contributed by atoms with E-state index in [1.807, 2.05) is 6.08 Å². The molecule has 4 rings (SSSR count). The lowest BCUT2D eigenvalue weighted by Gasteiger charge is -2.36. The summed E-state index contributed by atoms with van der Waals surface area (Å²) in [4.78, 5) is 0. The molecule has 1 aromatic carbocycles. The minimum absolute atomic E-state index is 0.00468. The smallest absolute Gasteiger partial charge is 0.166 e. The van der Waals surface area contributed by atoms with Crippen molar-refractivity contribution in [1.29, 1.82) is 0 Å². The van der Waals surface area contributed by atoms with Crippen LogP contribution in [0.3, 0.4) is 0 Å². The summed E-state index contributed by atoms with van der Waals surface area (Å²) in [5.41, 5.74) is 3.87. The summed E-state index contributed by atoms with van der Waals surface area (Å²) < 4.78 is 12.9. The van der Waals surface area contributed by atoms with Gasteiger partial charge in [-0.3, -0.25) is 0 Å². The van der Waals surface area contributed by atoms with Gasteiger partial charge in [-0.05, 0) is 18.6 Å². The molecule has 3 atom stereocenters. The predicted octanol–water partition coefficient (Wildman–Crippen LogP) is 2.30. The van der Waals surface area contributed by atoms with Gasteiger partial charge in [-0.25, -0.2) is 0 Å². The lowest BCUT2D eigenvalue weighted by atomic mass is 9.68. The number of methoxy groups -OCH3 is 1. The van der Waals surface area contributed by atoms with Crippen LogP contribution in [0.15, 0.2) is 18.2 Å². The van der Waals surface area contributed by atoms with Crippen molar-refractivity contribution in [2.24, 2.45) is 0 Å². The van der Waals surface area contributed by atoms with Crippen LogP contribution >= 0.6 is 0 Å². The Hall–Kier alpha value is -1.52. The normalized spacial score (nSPS) is 33.4.